The predicted molar refractivity (Wildman–Crippen MR) is 116 cm³/mol. The Balaban J connectivity index is 1.99. The lowest BCUT2D eigenvalue weighted by Crippen LogP contribution is -2.65. The minimum atomic E-state index is -6.07. The van der Waals surface area contributed by atoms with Crippen LogP contribution in [-0.2, 0) is 0 Å². The Bertz CT molecular complexity index is 1530. The van der Waals surface area contributed by atoms with Crippen LogP contribution in [0.3, 0.4) is 0 Å². The van der Waals surface area contributed by atoms with E-state index >= 15 is 0 Å². The van der Waals surface area contributed by atoms with Gasteiger partial charge in [-0.05, 0) is 19.1 Å². The molecule has 8 nitrogen and oxygen atoms in total. The molecule has 1 aromatic carbocycles. The average molecular weight is 567 g/mol. The maximum atomic E-state index is 14.7. The van der Waals surface area contributed by atoms with Crippen LogP contribution in [0.5, 0.6) is 0 Å². The van der Waals surface area contributed by atoms with Crippen LogP contribution in [0.4, 0.5) is 50.1 Å². The number of hydrogen-bond acceptors (Lipinski definition) is 4. The molecule has 3 heterocycles. The Labute approximate surface area is 211 Å². The standard InChI is InChI=1S/C22H14F9N5O3/c1-20(21(26,27)28,22(29,30)31)34-18(38)11-8-36(15-12(24)6-9(23)7-13(15)25)17-10(16(11)37)2-3-14(33-17)35-5-4-32-19(35)39/h2-3,6-8H,4-5H2,1H3,(H,32,39)(H,34,38). The van der Waals surface area contributed by atoms with Crippen LogP contribution < -0.4 is 21.0 Å². The normalized spacial score (nSPS) is 14.6. The number of nitrogens with zero attached hydrogens (tertiary/aromatic N) is 3. The van der Waals surface area contributed by atoms with E-state index in [1.54, 1.807) is 0 Å². The number of pyridine rings is 2. The molecule has 0 atom stereocenters. The maximum Gasteiger partial charge on any atom is 0.420 e. The number of amides is 3. The highest BCUT2D eigenvalue weighted by Crippen LogP contribution is 2.42. The summed E-state index contributed by atoms with van der Waals surface area (Å²) in [6.07, 6.45) is -11.9. The minimum absolute atomic E-state index is 0.0782. The van der Waals surface area contributed by atoms with E-state index < -0.39 is 75.0 Å². The summed E-state index contributed by atoms with van der Waals surface area (Å²) >= 11 is 0. The molecule has 0 unspecified atom stereocenters. The monoisotopic (exact) mass is 567 g/mol. The number of aromatic nitrogens is 2. The van der Waals surface area contributed by atoms with Gasteiger partial charge >= 0.3 is 18.4 Å². The van der Waals surface area contributed by atoms with Crippen molar-refractivity contribution < 1.29 is 49.1 Å². The zero-order valence-electron chi connectivity index (χ0n) is 19.3. The minimum Gasteiger partial charge on any atom is -0.336 e. The van der Waals surface area contributed by atoms with Gasteiger partial charge in [0.05, 0.1) is 5.39 Å². The molecular weight excluding hydrogens is 553 g/mol. The molecule has 1 saturated heterocycles. The molecule has 3 amide bonds. The summed E-state index contributed by atoms with van der Waals surface area (Å²) in [5.74, 6) is -6.97. The van der Waals surface area contributed by atoms with Crippen molar-refractivity contribution in [3.63, 3.8) is 0 Å². The number of rotatable bonds is 4. The highest BCUT2D eigenvalue weighted by atomic mass is 19.4. The third-order valence-corrected chi connectivity index (χ3v) is 5.93. The van der Waals surface area contributed by atoms with Crippen molar-refractivity contribution in [3.8, 4) is 5.69 Å². The van der Waals surface area contributed by atoms with Gasteiger partial charge in [-0.15, -0.1) is 0 Å². The first-order valence-electron chi connectivity index (χ1n) is 10.7. The van der Waals surface area contributed by atoms with Crippen LogP contribution in [0, 0.1) is 17.5 Å². The van der Waals surface area contributed by atoms with Crippen LogP contribution in [0.1, 0.15) is 17.3 Å². The van der Waals surface area contributed by atoms with Gasteiger partial charge in [0.2, 0.25) is 11.0 Å². The molecule has 0 spiro atoms. The van der Waals surface area contributed by atoms with Crippen molar-refractivity contribution in [3.05, 3.63) is 63.7 Å². The lowest BCUT2D eigenvalue weighted by Gasteiger charge is -2.34. The second-order valence-corrected chi connectivity index (χ2v) is 8.46. The zero-order chi connectivity index (χ0) is 29.1. The van der Waals surface area contributed by atoms with Crippen molar-refractivity contribution >= 4 is 28.8 Å². The van der Waals surface area contributed by atoms with Gasteiger partial charge in [-0.3, -0.25) is 19.1 Å². The first kappa shape index (κ1) is 27.7. The topological polar surface area (TPSA) is 96.3 Å². The number of hydrogen-bond donors (Lipinski definition) is 2. The molecule has 0 bridgehead atoms. The third-order valence-electron chi connectivity index (χ3n) is 5.93. The van der Waals surface area contributed by atoms with Gasteiger partial charge in [0, 0.05) is 31.4 Å². The Hall–Kier alpha value is -4.31. The number of halogens is 9. The number of benzene rings is 1. The number of carbonyl (C=O) groups is 2. The van der Waals surface area contributed by atoms with Gasteiger partial charge in [-0.1, -0.05) is 0 Å². The number of anilines is 1. The van der Waals surface area contributed by atoms with Crippen molar-refractivity contribution in [2.45, 2.75) is 24.8 Å². The summed E-state index contributed by atoms with van der Waals surface area (Å²) in [4.78, 5) is 42.8. The predicted octanol–water partition coefficient (Wildman–Crippen LogP) is 3.95. The first-order valence-corrected chi connectivity index (χ1v) is 10.7. The van der Waals surface area contributed by atoms with Gasteiger partial charge < -0.3 is 10.6 Å². The number of nitrogens with one attached hydrogen (secondary N) is 2. The summed E-state index contributed by atoms with van der Waals surface area (Å²) < 4.78 is 123. The highest BCUT2D eigenvalue weighted by molar-refractivity contribution is 5.98. The molecule has 2 aromatic heterocycles. The van der Waals surface area contributed by atoms with Gasteiger partial charge in [0.15, 0.2) is 17.3 Å². The average Bonchev–Trinajstić information content (AvgIpc) is 3.23. The number of urea groups is 1. The summed E-state index contributed by atoms with van der Waals surface area (Å²) in [5, 5.41) is 2.52. The van der Waals surface area contributed by atoms with E-state index in [4.69, 9.17) is 0 Å². The lowest BCUT2D eigenvalue weighted by molar-refractivity contribution is -0.297. The molecule has 208 valence electrons. The van der Waals surface area contributed by atoms with Crippen LogP contribution in [0.25, 0.3) is 16.7 Å². The van der Waals surface area contributed by atoms with E-state index in [0.29, 0.717) is 4.57 Å². The molecule has 1 fully saturated rings. The molecule has 1 aliphatic heterocycles. The zero-order valence-corrected chi connectivity index (χ0v) is 19.3. The fourth-order valence-corrected chi connectivity index (χ4v) is 3.73. The summed E-state index contributed by atoms with van der Waals surface area (Å²) in [6.45, 7) is -0.115. The van der Waals surface area contributed by atoms with E-state index in [1.165, 1.54) is 0 Å². The van der Waals surface area contributed by atoms with E-state index in [1.807, 2.05) is 0 Å². The quantitative estimate of drug-likeness (QED) is 0.467. The van der Waals surface area contributed by atoms with Gasteiger partial charge in [0.1, 0.15) is 22.9 Å². The molecule has 0 radical (unpaired) electrons. The van der Waals surface area contributed by atoms with Crippen LogP contribution in [0.15, 0.2) is 35.3 Å². The Morgan fingerprint density at radius 3 is 2.10 bits per heavy atom. The SMILES string of the molecule is CC(NC(=O)c1cn(-c2c(F)cc(F)cc2F)c2nc(N3CCNC3=O)ccc2c1=O)(C(F)(F)F)C(F)(F)F. The smallest absolute Gasteiger partial charge is 0.336 e. The number of carbonyl (C=O) groups excluding carboxylic acids is 2. The highest BCUT2D eigenvalue weighted by Gasteiger charge is 2.68. The van der Waals surface area contributed by atoms with E-state index in [-0.39, 0.29) is 44.2 Å². The lowest BCUT2D eigenvalue weighted by atomic mass is 10.00. The van der Waals surface area contributed by atoms with E-state index in [0.717, 1.165) is 22.3 Å². The van der Waals surface area contributed by atoms with Crippen molar-refractivity contribution in [2.24, 2.45) is 0 Å². The van der Waals surface area contributed by atoms with Crippen molar-refractivity contribution in [1.29, 1.82) is 0 Å². The second-order valence-electron chi connectivity index (χ2n) is 8.46. The molecular formula is C22H14F9N5O3. The van der Waals surface area contributed by atoms with Gasteiger partial charge in [-0.25, -0.2) is 22.9 Å². The largest absolute Gasteiger partial charge is 0.420 e. The molecule has 39 heavy (non-hydrogen) atoms. The molecule has 1 aliphatic rings. The van der Waals surface area contributed by atoms with Gasteiger partial charge in [0.25, 0.3) is 5.91 Å². The Morgan fingerprint density at radius 2 is 1.59 bits per heavy atom. The van der Waals surface area contributed by atoms with Crippen molar-refractivity contribution in [2.75, 3.05) is 18.0 Å². The second kappa shape index (κ2) is 9.16. The van der Waals surface area contributed by atoms with E-state index in [9.17, 15) is 53.9 Å². The molecule has 0 saturated carbocycles. The van der Waals surface area contributed by atoms with Crippen LogP contribution >= 0.6 is 0 Å². The van der Waals surface area contributed by atoms with Crippen LogP contribution in [-0.4, -0.2) is 52.5 Å². The molecule has 4 rings (SSSR count). The Morgan fingerprint density at radius 1 is 1.00 bits per heavy atom. The first-order chi connectivity index (χ1) is 18.0. The summed E-state index contributed by atoms with van der Waals surface area (Å²) in [7, 11) is 0. The Kier molecular flexibility index (Phi) is 6.51. The molecule has 2 N–H and O–H groups in total. The molecule has 17 heteroatoms. The molecule has 0 aliphatic carbocycles. The fourth-order valence-electron chi connectivity index (χ4n) is 3.73. The maximum absolute atomic E-state index is 14.7. The summed E-state index contributed by atoms with van der Waals surface area (Å²) in [5.41, 5.74) is -9.45. The fraction of sp³-hybridized carbons (Fsp3) is 0.273. The summed E-state index contributed by atoms with van der Waals surface area (Å²) in [6, 6.07) is 1.73. The third kappa shape index (κ3) is 4.61. The molecule has 3 aromatic rings. The van der Waals surface area contributed by atoms with Gasteiger partial charge in [-0.2, -0.15) is 26.3 Å². The van der Waals surface area contributed by atoms with E-state index in [2.05, 4.69) is 10.3 Å². The van der Waals surface area contributed by atoms with Crippen LogP contribution in [0.2, 0.25) is 0 Å². The van der Waals surface area contributed by atoms with Crippen molar-refractivity contribution in [1.82, 2.24) is 20.2 Å². The number of fused-ring (bicyclic) bond motifs is 1. The number of alkyl halides is 6.